The number of nitrogens with one attached hydrogen (secondary N) is 1. The van der Waals surface area contributed by atoms with Crippen molar-refractivity contribution in [3.05, 3.63) is 53.6 Å². The van der Waals surface area contributed by atoms with Crippen molar-refractivity contribution in [2.24, 2.45) is 0 Å². The second kappa shape index (κ2) is 9.93. The lowest BCUT2D eigenvalue weighted by Crippen LogP contribution is -2.41. The molecule has 0 bridgehead atoms. The predicted octanol–water partition coefficient (Wildman–Crippen LogP) is 2.29. The van der Waals surface area contributed by atoms with Crippen LogP contribution in [-0.2, 0) is 27.2 Å². The molecule has 0 unspecified atom stereocenters. The maximum atomic E-state index is 12.3. The van der Waals surface area contributed by atoms with Crippen LogP contribution < -0.4 is 14.8 Å². The van der Waals surface area contributed by atoms with Crippen LogP contribution in [0.15, 0.2) is 42.5 Å². The minimum absolute atomic E-state index is 0.0959. The van der Waals surface area contributed by atoms with Gasteiger partial charge < -0.3 is 24.4 Å². The summed E-state index contributed by atoms with van der Waals surface area (Å²) < 4.78 is 15.8. The number of ether oxygens (including phenoxy) is 3. The molecular formula is C22H26N2O5. The number of hydrogen-bond donors (Lipinski definition) is 1. The number of morpholine rings is 1. The van der Waals surface area contributed by atoms with Crippen molar-refractivity contribution >= 4 is 17.5 Å². The lowest BCUT2D eigenvalue weighted by atomic mass is 10.1. The van der Waals surface area contributed by atoms with E-state index in [0.29, 0.717) is 49.9 Å². The van der Waals surface area contributed by atoms with Crippen LogP contribution in [0.3, 0.4) is 0 Å². The molecule has 2 aromatic rings. The molecular weight excluding hydrogens is 372 g/mol. The third-order valence-electron chi connectivity index (χ3n) is 4.77. The van der Waals surface area contributed by atoms with Gasteiger partial charge in [-0.1, -0.05) is 18.2 Å². The third kappa shape index (κ3) is 5.71. The Morgan fingerprint density at radius 3 is 2.24 bits per heavy atom. The minimum Gasteiger partial charge on any atom is -0.493 e. The van der Waals surface area contributed by atoms with Crippen LogP contribution in [0.1, 0.15) is 11.1 Å². The monoisotopic (exact) mass is 398 g/mol. The number of rotatable bonds is 7. The number of benzene rings is 2. The molecule has 0 saturated carbocycles. The van der Waals surface area contributed by atoms with Gasteiger partial charge in [-0.2, -0.15) is 0 Å². The van der Waals surface area contributed by atoms with E-state index >= 15 is 0 Å². The molecule has 0 radical (unpaired) electrons. The zero-order chi connectivity index (χ0) is 20.6. The molecule has 1 heterocycles. The zero-order valence-electron chi connectivity index (χ0n) is 16.8. The minimum atomic E-state index is -0.130. The van der Waals surface area contributed by atoms with Gasteiger partial charge in [0.05, 0.1) is 40.3 Å². The van der Waals surface area contributed by atoms with E-state index in [1.54, 1.807) is 26.4 Å². The first-order valence-electron chi connectivity index (χ1n) is 9.54. The summed E-state index contributed by atoms with van der Waals surface area (Å²) in [6.07, 6.45) is 0.567. The summed E-state index contributed by atoms with van der Waals surface area (Å²) in [5, 5.41) is 2.88. The van der Waals surface area contributed by atoms with Gasteiger partial charge in [-0.25, -0.2) is 0 Å². The molecule has 0 aliphatic carbocycles. The highest BCUT2D eigenvalue weighted by Crippen LogP contribution is 2.27. The van der Waals surface area contributed by atoms with Crippen LogP contribution >= 0.6 is 0 Å². The molecule has 0 spiro atoms. The first-order chi connectivity index (χ1) is 14.1. The first-order valence-corrected chi connectivity index (χ1v) is 9.54. The molecule has 154 valence electrons. The van der Waals surface area contributed by atoms with Gasteiger partial charge in [0.15, 0.2) is 11.5 Å². The van der Waals surface area contributed by atoms with Crippen LogP contribution in [0.5, 0.6) is 11.5 Å². The first kappa shape index (κ1) is 20.7. The molecule has 0 aromatic heterocycles. The second-order valence-corrected chi connectivity index (χ2v) is 6.78. The lowest BCUT2D eigenvalue weighted by molar-refractivity contribution is -0.134. The van der Waals surface area contributed by atoms with Crippen molar-refractivity contribution in [3.63, 3.8) is 0 Å². The summed E-state index contributed by atoms with van der Waals surface area (Å²) in [5.74, 6) is 1.18. The fourth-order valence-corrected chi connectivity index (χ4v) is 3.19. The van der Waals surface area contributed by atoms with Crippen molar-refractivity contribution in [3.8, 4) is 11.5 Å². The molecule has 1 saturated heterocycles. The number of carbonyl (C=O) groups excluding carboxylic acids is 2. The summed E-state index contributed by atoms with van der Waals surface area (Å²) in [5.41, 5.74) is 2.44. The maximum Gasteiger partial charge on any atom is 0.228 e. The largest absolute Gasteiger partial charge is 0.493 e. The summed E-state index contributed by atoms with van der Waals surface area (Å²) in [7, 11) is 3.13. The van der Waals surface area contributed by atoms with Gasteiger partial charge in [0.2, 0.25) is 11.8 Å². The molecule has 1 aliphatic heterocycles. The van der Waals surface area contributed by atoms with Gasteiger partial charge in [-0.05, 0) is 35.4 Å². The van der Waals surface area contributed by atoms with E-state index in [4.69, 9.17) is 14.2 Å². The molecule has 0 atom stereocenters. The molecule has 7 nitrogen and oxygen atoms in total. The Morgan fingerprint density at radius 1 is 0.931 bits per heavy atom. The number of amides is 2. The molecule has 2 amide bonds. The Labute approximate surface area is 170 Å². The fraction of sp³-hybridized carbons (Fsp3) is 0.364. The molecule has 1 fully saturated rings. The molecule has 29 heavy (non-hydrogen) atoms. The molecule has 3 rings (SSSR count). The lowest BCUT2D eigenvalue weighted by Gasteiger charge is -2.26. The van der Waals surface area contributed by atoms with E-state index in [9.17, 15) is 9.59 Å². The average Bonchev–Trinajstić information content (AvgIpc) is 2.75. The van der Waals surface area contributed by atoms with Gasteiger partial charge in [-0.15, -0.1) is 0 Å². The van der Waals surface area contributed by atoms with Crippen LogP contribution in [0.25, 0.3) is 0 Å². The Kier molecular flexibility index (Phi) is 7.08. The predicted molar refractivity (Wildman–Crippen MR) is 109 cm³/mol. The van der Waals surface area contributed by atoms with Gasteiger partial charge in [0.25, 0.3) is 0 Å². The highest BCUT2D eigenvalue weighted by atomic mass is 16.5. The number of methoxy groups -OCH3 is 2. The maximum absolute atomic E-state index is 12.3. The van der Waals surface area contributed by atoms with Gasteiger partial charge in [-0.3, -0.25) is 9.59 Å². The van der Waals surface area contributed by atoms with Crippen molar-refractivity contribution < 1.29 is 23.8 Å². The van der Waals surface area contributed by atoms with Gasteiger partial charge >= 0.3 is 0 Å². The molecule has 2 aromatic carbocycles. The van der Waals surface area contributed by atoms with E-state index in [1.807, 2.05) is 35.2 Å². The van der Waals surface area contributed by atoms with E-state index in [-0.39, 0.29) is 18.2 Å². The van der Waals surface area contributed by atoms with Crippen LogP contribution in [-0.4, -0.2) is 57.2 Å². The molecule has 7 heteroatoms. The summed E-state index contributed by atoms with van der Waals surface area (Å²) in [6, 6.07) is 12.8. The van der Waals surface area contributed by atoms with E-state index in [2.05, 4.69) is 5.32 Å². The van der Waals surface area contributed by atoms with Gasteiger partial charge in [0, 0.05) is 18.8 Å². The number of nitrogens with zero attached hydrogens (tertiary/aromatic N) is 1. The van der Waals surface area contributed by atoms with Crippen molar-refractivity contribution in [2.45, 2.75) is 12.8 Å². The second-order valence-electron chi connectivity index (χ2n) is 6.78. The van der Waals surface area contributed by atoms with Gasteiger partial charge in [0.1, 0.15) is 0 Å². The van der Waals surface area contributed by atoms with Crippen LogP contribution in [0, 0.1) is 0 Å². The van der Waals surface area contributed by atoms with Crippen molar-refractivity contribution in [1.82, 2.24) is 4.90 Å². The Morgan fingerprint density at radius 2 is 1.59 bits per heavy atom. The van der Waals surface area contributed by atoms with Crippen LogP contribution in [0.4, 0.5) is 5.69 Å². The fourth-order valence-electron chi connectivity index (χ4n) is 3.19. The highest BCUT2D eigenvalue weighted by Gasteiger charge is 2.17. The summed E-state index contributed by atoms with van der Waals surface area (Å²) >= 11 is 0. The quantitative estimate of drug-likeness (QED) is 0.774. The third-order valence-corrected chi connectivity index (χ3v) is 4.77. The topological polar surface area (TPSA) is 77.1 Å². The Bertz CT molecular complexity index is 845. The number of carbonyl (C=O) groups is 2. The summed E-state index contributed by atoms with van der Waals surface area (Å²) in [6.45, 7) is 2.47. The Hall–Kier alpha value is -3.06. The van der Waals surface area contributed by atoms with E-state index < -0.39 is 0 Å². The number of anilines is 1. The van der Waals surface area contributed by atoms with E-state index in [1.165, 1.54) is 0 Å². The molecule has 1 N–H and O–H groups in total. The zero-order valence-corrected chi connectivity index (χ0v) is 16.8. The van der Waals surface area contributed by atoms with Crippen LogP contribution in [0.2, 0.25) is 0 Å². The van der Waals surface area contributed by atoms with E-state index in [0.717, 1.165) is 11.1 Å². The number of hydrogen-bond acceptors (Lipinski definition) is 5. The van der Waals surface area contributed by atoms with Crippen molar-refractivity contribution in [1.29, 1.82) is 0 Å². The molecule has 1 aliphatic rings. The smallest absolute Gasteiger partial charge is 0.228 e. The Balaban J connectivity index is 1.53. The highest BCUT2D eigenvalue weighted by molar-refractivity contribution is 5.92. The normalized spacial score (nSPS) is 13.7. The van der Waals surface area contributed by atoms with Crippen molar-refractivity contribution in [2.75, 3.05) is 45.8 Å². The summed E-state index contributed by atoms with van der Waals surface area (Å²) in [4.78, 5) is 26.5. The SMILES string of the molecule is COc1ccc(CC(=O)Nc2ccc(CC(=O)N3CCOCC3)cc2)cc1OC. The average molecular weight is 398 g/mol. The standard InChI is InChI=1S/C22H26N2O5/c1-27-19-8-5-17(13-20(19)28-2)14-21(25)23-18-6-3-16(4-7-18)15-22(26)24-9-11-29-12-10-24/h3-8,13H,9-12,14-15H2,1-2H3,(H,23,25).